The van der Waals surface area contributed by atoms with Crippen LogP contribution in [0.1, 0.15) is 29.9 Å². The van der Waals surface area contributed by atoms with Gasteiger partial charge in [-0.25, -0.2) is 0 Å². The maximum Gasteiger partial charge on any atom is 0.264 e. The van der Waals surface area contributed by atoms with E-state index in [2.05, 4.69) is 13.8 Å². The summed E-state index contributed by atoms with van der Waals surface area (Å²) < 4.78 is 0. The second-order valence-corrected chi connectivity index (χ2v) is 6.60. The molecule has 5 nitrogen and oxygen atoms in total. The van der Waals surface area contributed by atoms with Gasteiger partial charge in [-0.1, -0.05) is 19.9 Å². The van der Waals surface area contributed by atoms with Crippen LogP contribution in [0.5, 0.6) is 0 Å². The summed E-state index contributed by atoms with van der Waals surface area (Å²) in [6, 6.07) is 3.68. The molecule has 1 rings (SSSR count). The van der Waals surface area contributed by atoms with Crippen molar-refractivity contribution in [3.05, 3.63) is 22.4 Å². The summed E-state index contributed by atoms with van der Waals surface area (Å²) in [5.41, 5.74) is 5.98. The van der Waals surface area contributed by atoms with Crippen LogP contribution < -0.4 is 5.73 Å². The second-order valence-electron chi connectivity index (χ2n) is 5.65. The Morgan fingerprint density at radius 2 is 1.95 bits per heavy atom. The Morgan fingerprint density at radius 1 is 1.29 bits per heavy atom. The molecular formula is C15H25N3O2S. The van der Waals surface area contributed by atoms with E-state index in [0.29, 0.717) is 17.3 Å². The van der Waals surface area contributed by atoms with Gasteiger partial charge < -0.3 is 15.5 Å². The van der Waals surface area contributed by atoms with Crippen LogP contribution in [0.4, 0.5) is 0 Å². The van der Waals surface area contributed by atoms with Gasteiger partial charge in [-0.2, -0.15) is 0 Å². The average Bonchev–Trinajstić information content (AvgIpc) is 2.96. The Bertz CT molecular complexity index is 459. The van der Waals surface area contributed by atoms with Crippen molar-refractivity contribution in [3.8, 4) is 0 Å². The molecule has 0 bridgehead atoms. The van der Waals surface area contributed by atoms with E-state index in [1.807, 2.05) is 11.4 Å². The van der Waals surface area contributed by atoms with Crippen LogP contribution in [0.15, 0.2) is 17.5 Å². The van der Waals surface area contributed by atoms with Crippen molar-refractivity contribution in [2.45, 2.75) is 26.3 Å². The van der Waals surface area contributed by atoms with Crippen LogP contribution in [0, 0.1) is 5.92 Å². The maximum absolute atomic E-state index is 12.1. The summed E-state index contributed by atoms with van der Waals surface area (Å²) in [5, 5.41) is 1.85. The van der Waals surface area contributed by atoms with Crippen molar-refractivity contribution in [3.63, 3.8) is 0 Å². The van der Waals surface area contributed by atoms with Gasteiger partial charge in [0.1, 0.15) is 0 Å². The number of amides is 2. The van der Waals surface area contributed by atoms with E-state index in [1.54, 1.807) is 25.1 Å². The van der Waals surface area contributed by atoms with Gasteiger partial charge in [-0.15, -0.1) is 11.3 Å². The summed E-state index contributed by atoms with van der Waals surface area (Å²) in [5.74, 6) is 0.209. The van der Waals surface area contributed by atoms with Crippen molar-refractivity contribution < 1.29 is 9.59 Å². The molecule has 2 amide bonds. The first kappa shape index (κ1) is 17.7. The third-order valence-electron chi connectivity index (χ3n) is 3.53. The van der Waals surface area contributed by atoms with Crippen LogP contribution in [0.2, 0.25) is 0 Å². The lowest BCUT2D eigenvalue weighted by molar-refractivity contribution is -0.130. The highest BCUT2D eigenvalue weighted by Gasteiger charge is 2.18. The molecule has 1 aromatic rings. The second kappa shape index (κ2) is 8.14. The fraction of sp³-hybridized carbons (Fsp3) is 0.600. The highest BCUT2D eigenvalue weighted by atomic mass is 32.1. The van der Waals surface area contributed by atoms with Gasteiger partial charge >= 0.3 is 0 Å². The molecule has 0 aromatic carbocycles. The van der Waals surface area contributed by atoms with Crippen LogP contribution in [-0.4, -0.2) is 54.8 Å². The molecule has 0 saturated carbocycles. The Kier molecular flexibility index (Phi) is 6.84. The number of hydrogen-bond acceptors (Lipinski definition) is 4. The lowest BCUT2D eigenvalue weighted by atomic mass is 10.0. The summed E-state index contributed by atoms with van der Waals surface area (Å²) in [4.78, 5) is 27.9. The van der Waals surface area contributed by atoms with E-state index in [4.69, 9.17) is 5.73 Å². The lowest BCUT2D eigenvalue weighted by Gasteiger charge is -2.24. The molecule has 0 radical (unpaired) electrons. The highest BCUT2D eigenvalue weighted by Crippen LogP contribution is 2.11. The molecule has 0 aliphatic heterocycles. The lowest BCUT2D eigenvalue weighted by Crippen LogP contribution is -2.41. The Balaban J connectivity index is 2.43. The third-order valence-corrected chi connectivity index (χ3v) is 4.39. The van der Waals surface area contributed by atoms with Gasteiger partial charge in [0.2, 0.25) is 5.91 Å². The quantitative estimate of drug-likeness (QED) is 0.832. The molecule has 2 N–H and O–H groups in total. The minimum atomic E-state index is -0.120. The Hall–Kier alpha value is -1.40. The van der Waals surface area contributed by atoms with Gasteiger partial charge in [-0.05, 0) is 23.8 Å². The molecule has 118 valence electrons. The summed E-state index contributed by atoms with van der Waals surface area (Å²) in [7, 11) is 3.40. The molecule has 0 spiro atoms. The molecule has 0 fully saturated rings. The van der Waals surface area contributed by atoms with Crippen LogP contribution in [0.25, 0.3) is 0 Å². The first-order valence-electron chi connectivity index (χ1n) is 7.11. The van der Waals surface area contributed by atoms with Gasteiger partial charge in [0, 0.05) is 26.7 Å². The predicted molar refractivity (Wildman–Crippen MR) is 86.3 cm³/mol. The third kappa shape index (κ3) is 5.47. The average molecular weight is 311 g/mol. The molecule has 1 unspecified atom stereocenters. The van der Waals surface area contributed by atoms with Crippen LogP contribution >= 0.6 is 11.3 Å². The number of hydrogen-bond donors (Lipinski definition) is 1. The summed E-state index contributed by atoms with van der Waals surface area (Å²) >= 11 is 1.38. The number of nitrogens with two attached hydrogens (primary N) is 1. The number of likely N-dealkylation sites (N-methyl/N-ethyl adjacent to an activating group) is 2. The van der Waals surface area contributed by atoms with Gasteiger partial charge in [0.05, 0.1) is 11.4 Å². The van der Waals surface area contributed by atoms with Crippen molar-refractivity contribution in [2.75, 3.05) is 27.2 Å². The first-order chi connectivity index (χ1) is 9.82. The number of carbonyl (C=O) groups excluding carboxylic acids is 2. The molecule has 0 aliphatic rings. The van der Waals surface area contributed by atoms with E-state index in [9.17, 15) is 9.59 Å². The van der Waals surface area contributed by atoms with Crippen molar-refractivity contribution in [1.29, 1.82) is 0 Å². The predicted octanol–water partition coefficient (Wildman–Crippen LogP) is 1.65. The summed E-state index contributed by atoms with van der Waals surface area (Å²) in [6.45, 7) is 4.84. The zero-order valence-electron chi connectivity index (χ0n) is 13.2. The molecule has 0 aliphatic carbocycles. The van der Waals surface area contributed by atoms with Gasteiger partial charge in [0.15, 0.2) is 0 Å². The molecule has 1 heterocycles. The number of rotatable bonds is 7. The molecular weight excluding hydrogens is 286 g/mol. The molecule has 1 aromatic heterocycles. The molecule has 6 heteroatoms. The highest BCUT2D eigenvalue weighted by molar-refractivity contribution is 7.12. The Labute approximate surface area is 130 Å². The fourth-order valence-corrected chi connectivity index (χ4v) is 2.50. The van der Waals surface area contributed by atoms with Crippen molar-refractivity contribution in [2.24, 2.45) is 11.7 Å². The van der Waals surface area contributed by atoms with E-state index < -0.39 is 0 Å². The number of carbonyl (C=O) groups is 2. The van der Waals surface area contributed by atoms with Crippen molar-refractivity contribution in [1.82, 2.24) is 9.80 Å². The number of thiophene rings is 1. The molecule has 0 saturated heterocycles. The SMILES string of the molecule is CC(C)C(N)CCN(C)C(=O)CN(C)C(=O)c1cccs1. The van der Waals surface area contributed by atoms with E-state index >= 15 is 0 Å². The van der Waals surface area contributed by atoms with Crippen LogP contribution in [-0.2, 0) is 4.79 Å². The minimum absolute atomic E-state index is 0.0710. The van der Waals surface area contributed by atoms with E-state index in [-0.39, 0.29) is 24.4 Å². The largest absolute Gasteiger partial charge is 0.344 e. The maximum atomic E-state index is 12.1. The topological polar surface area (TPSA) is 66.6 Å². The zero-order valence-corrected chi connectivity index (χ0v) is 14.0. The summed E-state index contributed by atoms with van der Waals surface area (Å²) in [6.07, 6.45) is 0.766. The fourth-order valence-electron chi connectivity index (χ4n) is 1.78. The normalized spacial score (nSPS) is 12.3. The molecule has 1 atom stereocenters. The zero-order chi connectivity index (χ0) is 16.0. The smallest absolute Gasteiger partial charge is 0.264 e. The number of nitrogens with zero attached hydrogens (tertiary/aromatic N) is 2. The standard InChI is InChI=1S/C15H25N3O2S/c1-11(2)12(16)7-8-17(3)14(19)10-18(4)15(20)13-6-5-9-21-13/h5-6,9,11-12H,7-8,10,16H2,1-4H3. The van der Waals surface area contributed by atoms with Gasteiger partial charge in [-0.3, -0.25) is 9.59 Å². The van der Waals surface area contributed by atoms with E-state index in [1.165, 1.54) is 16.2 Å². The van der Waals surface area contributed by atoms with Crippen LogP contribution in [0.3, 0.4) is 0 Å². The minimum Gasteiger partial charge on any atom is -0.344 e. The van der Waals surface area contributed by atoms with Crippen molar-refractivity contribution >= 4 is 23.2 Å². The van der Waals surface area contributed by atoms with E-state index in [0.717, 1.165) is 6.42 Å². The monoisotopic (exact) mass is 311 g/mol. The molecule has 21 heavy (non-hydrogen) atoms. The van der Waals surface area contributed by atoms with Gasteiger partial charge in [0.25, 0.3) is 5.91 Å². The Morgan fingerprint density at radius 3 is 2.48 bits per heavy atom. The first-order valence-corrected chi connectivity index (χ1v) is 7.99.